The van der Waals surface area contributed by atoms with Gasteiger partial charge in [-0.1, -0.05) is 0 Å². The molecule has 0 heterocycles. The predicted molar refractivity (Wildman–Crippen MR) is 53.6 cm³/mol. The van der Waals surface area contributed by atoms with Gasteiger partial charge in [0.2, 0.25) is 0 Å². The van der Waals surface area contributed by atoms with E-state index >= 15 is 0 Å². The van der Waals surface area contributed by atoms with E-state index in [0.29, 0.717) is 0 Å². The predicted octanol–water partition coefficient (Wildman–Crippen LogP) is 2.38. The molecular weight excluding hydrogens is 206 g/mol. The van der Waals surface area contributed by atoms with Crippen molar-refractivity contribution >= 4 is 17.6 Å². The molecule has 0 spiro atoms. The van der Waals surface area contributed by atoms with Crippen LogP contribution < -0.4 is 5.73 Å². The first-order valence-corrected chi connectivity index (χ1v) is 4.84. The molecule has 14 heavy (non-hydrogen) atoms. The van der Waals surface area contributed by atoms with Crippen molar-refractivity contribution in [3.63, 3.8) is 0 Å². The van der Waals surface area contributed by atoms with Gasteiger partial charge in [0.25, 0.3) is 0 Å². The van der Waals surface area contributed by atoms with Crippen molar-refractivity contribution in [1.82, 2.24) is 0 Å². The SMILES string of the molecule is CC(Sc1cc(F)ccc1F)C(=N)N. The summed E-state index contributed by atoms with van der Waals surface area (Å²) < 4.78 is 25.8. The van der Waals surface area contributed by atoms with E-state index in [0.717, 1.165) is 30.0 Å². The second-order valence-corrected chi connectivity index (χ2v) is 4.17. The Morgan fingerprint density at radius 1 is 1.50 bits per heavy atom. The number of hydrogen-bond donors (Lipinski definition) is 2. The van der Waals surface area contributed by atoms with E-state index in [-0.39, 0.29) is 16.0 Å². The van der Waals surface area contributed by atoms with Crippen molar-refractivity contribution < 1.29 is 8.78 Å². The summed E-state index contributed by atoms with van der Waals surface area (Å²) in [4.78, 5) is 0.174. The Morgan fingerprint density at radius 3 is 2.71 bits per heavy atom. The van der Waals surface area contributed by atoms with Gasteiger partial charge in [-0.3, -0.25) is 5.41 Å². The zero-order valence-electron chi connectivity index (χ0n) is 7.55. The van der Waals surface area contributed by atoms with Crippen LogP contribution in [0.2, 0.25) is 0 Å². The second kappa shape index (κ2) is 4.41. The third kappa shape index (κ3) is 2.70. The molecule has 1 unspecified atom stereocenters. The maximum absolute atomic E-state index is 13.1. The Balaban J connectivity index is 2.85. The lowest BCUT2D eigenvalue weighted by atomic mass is 10.3. The number of thioether (sulfide) groups is 1. The average molecular weight is 216 g/mol. The van der Waals surface area contributed by atoms with E-state index in [2.05, 4.69) is 0 Å². The number of nitrogens with two attached hydrogens (primary N) is 1. The van der Waals surface area contributed by atoms with Crippen molar-refractivity contribution in [2.24, 2.45) is 5.73 Å². The first-order chi connectivity index (χ1) is 6.50. The molecule has 0 aliphatic heterocycles. The van der Waals surface area contributed by atoms with Crippen molar-refractivity contribution in [3.8, 4) is 0 Å². The molecule has 1 aromatic rings. The van der Waals surface area contributed by atoms with Gasteiger partial charge in [0.05, 0.1) is 5.25 Å². The lowest BCUT2D eigenvalue weighted by molar-refractivity contribution is 0.577. The highest BCUT2D eigenvalue weighted by atomic mass is 32.2. The van der Waals surface area contributed by atoms with Gasteiger partial charge in [0, 0.05) is 4.90 Å². The Bertz CT molecular complexity index is 355. The Kier molecular flexibility index (Phi) is 3.46. The summed E-state index contributed by atoms with van der Waals surface area (Å²) in [5.41, 5.74) is 5.22. The number of benzene rings is 1. The van der Waals surface area contributed by atoms with Crippen LogP contribution in [0.1, 0.15) is 6.92 Å². The van der Waals surface area contributed by atoms with Gasteiger partial charge in [-0.2, -0.15) is 0 Å². The van der Waals surface area contributed by atoms with Crippen LogP contribution in [0.15, 0.2) is 23.1 Å². The van der Waals surface area contributed by atoms with Crippen LogP contribution in [0.5, 0.6) is 0 Å². The molecule has 0 saturated carbocycles. The number of rotatable bonds is 3. The number of amidine groups is 1. The monoisotopic (exact) mass is 216 g/mol. The lowest BCUT2D eigenvalue weighted by Crippen LogP contribution is -2.21. The fourth-order valence-electron chi connectivity index (χ4n) is 0.821. The zero-order chi connectivity index (χ0) is 10.7. The molecule has 1 aromatic carbocycles. The van der Waals surface area contributed by atoms with E-state index in [1.165, 1.54) is 0 Å². The minimum absolute atomic E-state index is 0.0568. The van der Waals surface area contributed by atoms with Gasteiger partial charge < -0.3 is 5.73 Å². The summed E-state index contributed by atoms with van der Waals surface area (Å²) in [6.45, 7) is 1.66. The molecule has 3 N–H and O–H groups in total. The van der Waals surface area contributed by atoms with Gasteiger partial charge in [-0.05, 0) is 25.1 Å². The van der Waals surface area contributed by atoms with Crippen LogP contribution in [0.25, 0.3) is 0 Å². The molecule has 5 heteroatoms. The minimum atomic E-state index is -0.496. The molecule has 1 rings (SSSR count). The van der Waals surface area contributed by atoms with Crippen molar-refractivity contribution in [2.45, 2.75) is 17.1 Å². The summed E-state index contributed by atoms with van der Waals surface area (Å²) in [6.07, 6.45) is 0. The molecule has 0 aromatic heterocycles. The molecule has 0 radical (unpaired) electrons. The molecule has 0 amide bonds. The van der Waals surface area contributed by atoms with E-state index in [1.54, 1.807) is 6.92 Å². The van der Waals surface area contributed by atoms with Crippen LogP contribution in [0, 0.1) is 17.0 Å². The standard InChI is InChI=1S/C9H10F2N2S/c1-5(9(12)13)14-8-4-6(10)2-3-7(8)11/h2-5H,1H3,(H3,12,13). The fourth-order valence-corrected chi connectivity index (χ4v) is 1.69. The topological polar surface area (TPSA) is 49.9 Å². The lowest BCUT2D eigenvalue weighted by Gasteiger charge is -2.09. The molecule has 0 fully saturated rings. The maximum atomic E-state index is 13.1. The summed E-state index contributed by atoms with van der Waals surface area (Å²) in [5.74, 6) is -1.05. The summed E-state index contributed by atoms with van der Waals surface area (Å²) >= 11 is 1.03. The first-order valence-electron chi connectivity index (χ1n) is 3.96. The van der Waals surface area contributed by atoms with E-state index in [4.69, 9.17) is 11.1 Å². The van der Waals surface area contributed by atoms with Crippen LogP contribution in [-0.4, -0.2) is 11.1 Å². The van der Waals surface area contributed by atoms with E-state index in [9.17, 15) is 8.78 Å². The quantitative estimate of drug-likeness (QED) is 0.463. The Hall–Kier alpha value is -1.10. The van der Waals surface area contributed by atoms with Gasteiger partial charge in [-0.25, -0.2) is 8.78 Å². The molecule has 0 aliphatic rings. The fraction of sp³-hybridized carbons (Fsp3) is 0.222. The molecule has 0 saturated heterocycles. The van der Waals surface area contributed by atoms with Gasteiger partial charge in [0.15, 0.2) is 0 Å². The van der Waals surface area contributed by atoms with E-state index in [1.807, 2.05) is 0 Å². The van der Waals surface area contributed by atoms with Gasteiger partial charge in [-0.15, -0.1) is 11.8 Å². The van der Waals surface area contributed by atoms with Crippen molar-refractivity contribution in [1.29, 1.82) is 5.41 Å². The Labute approximate surface area is 85.0 Å². The molecule has 2 nitrogen and oxygen atoms in total. The second-order valence-electron chi connectivity index (χ2n) is 2.79. The van der Waals surface area contributed by atoms with Crippen molar-refractivity contribution in [2.75, 3.05) is 0 Å². The van der Waals surface area contributed by atoms with Gasteiger partial charge >= 0.3 is 0 Å². The van der Waals surface area contributed by atoms with Gasteiger partial charge in [0.1, 0.15) is 17.5 Å². The maximum Gasteiger partial charge on any atom is 0.136 e. The van der Waals surface area contributed by atoms with E-state index < -0.39 is 11.6 Å². The number of nitrogens with one attached hydrogen (secondary N) is 1. The minimum Gasteiger partial charge on any atom is -0.387 e. The smallest absolute Gasteiger partial charge is 0.136 e. The summed E-state index contributed by atoms with van der Waals surface area (Å²) in [6, 6.07) is 3.21. The highest BCUT2D eigenvalue weighted by Crippen LogP contribution is 2.26. The largest absolute Gasteiger partial charge is 0.387 e. The third-order valence-corrected chi connectivity index (χ3v) is 2.81. The summed E-state index contributed by atoms with van der Waals surface area (Å²) in [7, 11) is 0. The first kappa shape index (κ1) is 11.0. The molecule has 0 bridgehead atoms. The molecule has 0 aliphatic carbocycles. The highest BCUT2D eigenvalue weighted by Gasteiger charge is 2.11. The Morgan fingerprint density at radius 2 is 2.14 bits per heavy atom. The molecule has 76 valence electrons. The summed E-state index contributed by atoms with van der Waals surface area (Å²) in [5, 5.41) is 6.76. The molecular formula is C9H10F2N2S. The number of halogens is 2. The highest BCUT2D eigenvalue weighted by molar-refractivity contribution is 8.00. The normalized spacial score (nSPS) is 12.5. The zero-order valence-corrected chi connectivity index (χ0v) is 8.37. The van der Waals surface area contributed by atoms with Crippen molar-refractivity contribution in [3.05, 3.63) is 29.8 Å². The van der Waals surface area contributed by atoms with Crippen LogP contribution in [0.3, 0.4) is 0 Å². The number of hydrogen-bond acceptors (Lipinski definition) is 2. The average Bonchev–Trinajstić information content (AvgIpc) is 2.11. The van der Waals surface area contributed by atoms with Crippen LogP contribution >= 0.6 is 11.8 Å². The molecule has 1 atom stereocenters. The van der Waals surface area contributed by atoms with Crippen LogP contribution in [-0.2, 0) is 0 Å². The van der Waals surface area contributed by atoms with Crippen LogP contribution in [0.4, 0.5) is 8.78 Å². The third-order valence-electron chi connectivity index (χ3n) is 1.63.